The zero-order valence-corrected chi connectivity index (χ0v) is 9.08. The molecule has 2 rings (SSSR count). The number of benzene rings is 1. The highest BCUT2D eigenvalue weighted by atomic mass is 32.1. The summed E-state index contributed by atoms with van der Waals surface area (Å²) in [5.74, 6) is 2.52. The molecule has 0 aliphatic rings. The summed E-state index contributed by atoms with van der Waals surface area (Å²) in [7, 11) is 0. The third-order valence-corrected chi connectivity index (χ3v) is 2.93. The first-order chi connectivity index (χ1) is 7.70. The van der Waals surface area contributed by atoms with Gasteiger partial charge in [-0.25, -0.2) is 4.98 Å². The zero-order chi connectivity index (χ0) is 11.5. The van der Waals surface area contributed by atoms with E-state index in [9.17, 15) is 4.79 Å². The van der Waals surface area contributed by atoms with Gasteiger partial charge < -0.3 is 10.5 Å². The maximum atomic E-state index is 10.9. The van der Waals surface area contributed by atoms with Crippen LogP contribution in [0, 0.1) is 12.3 Å². The molecule has 1 aromatic heterocycles. The molecular weight excluding hydrogens is 224 g/mol. The number of terminal acetylenes is 1. The zero-order valence-electron chi connectivity index (χ0n) is 8.27. The van der Waals surface area contributed by atoms with E-state index >= 15 is 0 Å². The van der Waals surface area contributed by atoms with Gasteiger partial charge in [0.1, 0.15) is 12.4 Å². The van der Waals surface area contributed by atoms with Crippen molar-refractivity contribution >= 4 is 27.5 Å². The summed E-state index contributed by atoms with van der Waals surface area (Å²) in [5.41, 5.74) is 5.88. The van der Waals surface area contributed by atoms with E-state index in [-0.39, 0.29) is 6.61 Å². The van der Waals surface area contributed by atoms with Crippen molar-refractivity contribution in [1.29, 1.82) is 0 Å². The van der Waals surface area contributed by atoms with Gasteiger partial charge in [0.25, 0.3) is 5.91 Å². The van der Waals surface area contributed by atoms with Crippen LogP contribution in [0.1, 0.15) is 9.80 Å². The molecule has 0 unspecified atom stereocenters. The number of rotatable bonds is 3. The highest BCUT2D eigenvalue weighted by Gasteiger charge is 2.08. The first kappa shape index (κ1) is 10.5. The Labute approximate surface area is 96.0 Å². The van der Waals surface area contributed by atoms with Gasteiger partial charge in [0.15, 0.2) is 5.01 Å². The maximum absolute atomic E-state index is 10.9. The average molecular weight is 232 g/mol. The SMILES string of the molecule is C#CCOc1ccc2nc(C(N)=O)sc2c1. The van der Waals surface area contributed by atoms with Gasteiger partial charge in [-0.1, -0.05) is 5.92 Å². The molecule has 0 spiro atoms. The fourth-order valence-electron chi connectivity index (χ4n) is 1.23. The van der Waals surface area contributed by atoms with Crippen LogP contribution < -0.4 is 10.5 Å². The molecule has 2 aromatic rings. The molecule has 80 valence electrons. The number of ether oxygens (including phenoxy) is 1. The van der Waals surface area contributed by atoms with Crippen molar-refractivity contribution in [3.8, 4) is 18.1 Å². The molecule has 2 N–H and O–H groups in total. The number of thiazole rings is 1. The molecule has 0 aliphatic carbocycles. The van der Waals surface area contributed by atoms with Gasteiger partial charge in [0, 0.05) is 0 Å². The Morgan fingerprint density at radius 1 is 1.62 bits per heavy atom. The Hall–Kier alpha value is -2.06. The standard InChI is InChI=1S/C11H8N2O2S/c1-2-5-15-7-3-4-8-9(6-7)16-11(13-8)10(12)14/h1,3-4,6H,5H2,(H2,12,14). The second-order valence-electron chi connectivity index (χ2n) is 3.01. The minimum atomic E-state index is -0.521. The summed E-state index contributed by atoms with van der Waals surface area (Å²) in [6, 6.07) is 5.31. The van der Waals surface area contributed by atoms with Crippen LogP contribution in [0.2, 0.25) is 0 Å². The Morgan fingerprint density at radius 3 is 3.12 bits per heavy atom. The lowest BCUT2D eigenvalue weighted by molar-refractivity contribution is 0.1000. The molecule has 5 heteroatoms. The topological polar surface area (TPSA) is 65.2 Å². The summed E-state index contributed by atoms with van der Waals surface area (Å²) >= 11 is 1.24. The van der Waals surface area contributed by atoms with Crippen molar-refractivity contribution in [2.24, 2.45) is 5.73 Å². The predicted octanol–water partition coefficient (Wildman–Crippen LogP) is 1.41. The minimum Gasteiger partial charge on any atom is -0.481 e. The number of carbonyl (C=O) groups is 1. The van der Waals surface area contributed by atoms with Gasteiger partial charge in [-0.05, 0) is 18.2 Å². The Balaban J connectivity index is 2.38. The smallest absolute Gasteiger partial charge is 0.277 e. The van der Waals surface area contributed by atoms with E-state index in [1.807, 2.05) is 0 Å². The molecule has 0 atom stereocenters. The largest absolute Gasteiger partial charge is 0.481 e. The molecule has 1 aromatic carbocycles. The van der Waals surface area contributed by atoms with E-state index in [2.05, 4.69) is 10.9 Å². The monoisotopic (exact) mass is 232 g/mol. The summed E-state index contributed by atoms with van der Waals surface area (Å²) in [4.78, 5) is 15.0. The molecule has 0 radical (unpaired) electrons. The molecule has 4 nitrogen and oxygen atoms in total. The third kappa shape index (κ3) is 1.97. The number of hydrogen-bond donors (Lipinski definition) is 1. The van der Waals surface area contributed by atoms with Crippen molar-refractivity contribution in [3.05, 3.63) is 23.2 Å². The third-order valence-electron chi connectivity index (χ3n) is 1.89. The summed E-state index contributed by atoms with van der Waals surface area (Å²) in [6.07, 6.45) is 5.09. The molecule has 0 saturated heterocycles. The van der Waals surface area contributed by atoms with Crippen LogP contribution in [0.3, 0.4) is 0 Å². The van der Waals surface area contributed by atoms with Crippen LogP contribution in [0.4, 0.5) is 0 Å². The number of nitrogens with zero attached hydrogens (tertiary/aromatic N) is 1. The van der Waals surface area contributed by atoms with Gasteiger partial charge in [-0.3, -0.25) is 4.79 Å². The maximum Gasteiger partial charge on any atom is 0.277 e. The van der Waals surface area contributed by atoms with E-state index in [0.717, 1.165) is 10.2 Å². The second kappa shape index (κ2) is 4.21. The van der Waals surface area contributed by atoms with Crippen LogP contribution in [0.15, 0.2) is 18.2 Å². The van der Waals surface area contributed by atoms with E-state index in [4.69, 9.17) is 16.9 Å². The summed E-state index contributed by atoms with van der Waals surface area (Å²) in [6.45, 7) is 0.215. The van der Waals surface area contributed by atoms with E-state index < -0.39 is 5.91 Å². The lowest BCUT2D eigenvalue weighted by Crippen LogP contribution is -2.09. The van der Waals surface area contributed by atoms with Crippen molar-refractivity contribution < 1.29 is 9.53 Å². The fraction of sp³-hybridized carbons (Fsp3) is 0.0909. The molecule has 0 fully saturated rings. The fourth-order valence-corrected chi connectivity index (χ4v) is 2.07. The number of amides is 1. The molecule has 1 amide bonds. The van der Waals surface area contributed by atoms with Crippen LogP contribution in [0.25, 0.3) is 10.2 Å². The Morgan fingerprint density at radius 2 is 2.44 bits per heavy atom. The quantitative estimate of drug-likeness (QED) is 0.814. The number of hydrogen-bond acceptors (Lipinski definition) is 4. The normalized spacial score (nSPS) is 9.94. The van der Waals surface area contributed by atoms with Crippen LogP contribution >= 0.6 is 11.3 Å². The van der Waals surface area contributed by atoms with Crippen LogP contribution in [-0.4, -0.2) is 17.5 Å². The highest BCUT2D eigenvalue weighted by molar-refractivity contribution is 7.20. The van der Waals surface area contributed by atoms with Crippen LogP contribution in [-0.2, 0) is 0 Å². The number of primary amides is 1. The summed E-state index contributed by atoms with van der Waals surface area (Å²) in [5, 5.41) is 0.295. The Bertz CT molecular complexity index is 583. The van der Waals surface area contributed by atoms with Crippen molar-refractivity contribution in [2.45, 2.75) is 0 Å². The lowest BCUT2D eigenvalue weighted by Gasteiger charge is -2.00. The molecule has 0 aliphatic heterocycles. The molecule has 1 heterocycles. The molecule has 0 saturated carbocycles. The van der Waals surface area contributed by atoms with Gasteiger partial charge in [-0.15, -0.1) is 17.8 Å². The number of aromatic nitrogens is 1. The number of carbonyl (C=O) groups excluding carboxylic acids is 1. The van der Waals surface area contributed by atoms with Crippen molar-refractivity contribution in [2.75, 3.05) is 6.61 Å². The first-order valence-corrected chi connectivity index (χ1v) is 5.29. The predicted molar refractivity (Wildman–Crippen MR) is 62.5 cm³/mol. The first-order valence-electron chi connectivity index (χ1n) is 4.47. The Kier molecular flexibility index (Phi) is 2.75. The molecular formula is C11H8N2O2S. The highest BCUT2D eigenvalue weighted by Crippen LogP contribution is 2.26. The van der Waals surface area contributed by atoms with Crippen molar-refractivity contribution in [1.82, 2.24) is 4.98 Å². The van der Waals surface area contributed by atoms with Gasteiger partial charge in [0.05, 0.1) is 10.2 Å². The minimum absolute atomic E-state index is 0.215. The number of fused-ring (bicyclic) bond motifs is 1. The summed E-state index contributed by atoms with van der Waals surface area (Å²) < 4.78 is 6.11. The van der Waals surface area contributed by atoms with E-state index in [0.29, 0.717) is 10.8 Å². The molecule has 0 bridgehead atoms. The van der Waals surface area contributed by atoms with E-state index in [1.54, 1.807) is 18.2 Å². The van der Waals surface area contributed by atoms with Crippen molar-refractivity contribution in [3.63, 3.8) is 0 Å². The molecule has 16 heavy (non-hydrogen) atoms. The average Bonchev–Trinajstić information content (AvgIpc) is 2.69. The van der Waals surface area contributed by atoms with E-state index in [1.165, 1.54) is 11.3 Å². The second-order valence-corrected chi connectivity index (χ2v) is 4.04. The van der Waals surface area contributed by atoms with Gasteiger partial charge in [0.2, 0.25) is 0 Å². The lowest BCUT2D eigenvalue weighted by atomic mass is 10.3. The van der Waals surface area contributed by atoms with Gasteiger partial charge in [-0.2, -0.15) is 0 Å². The number of nitrogens with two attached hydrogens (primary N) is 1. The van der Waals surface area contributed by atoms with Crippen LogP contribution in [0.5, 0.6) is 5.75 Å². The van der Waals surface area contributed by atoms with Gasteiger partial charge >= 0.3 is 0 Å².